The maximum absolute atomic E-state index is 15.2. The smallest absolute Gasteiger partial charge is 0.250 e. The van der Waals surface area contributed by atoms with Crippen molar-refractivity contribution in [3.63, 3.8) is 0 Å². The number of fused-ring (bicyclic) bond motifs is 2. The van der Waals surface area contributed by atoms with Crippen LogP contribution in [0, 0.1) is 11.8 Å². The van der Waals surface area contributed by atoms with Gasteiger partial charge in [0.1, 0.15) is 29.6 Å². The number of rotatable bonds is 14. The highest BCUT2D eigenvalue weighted by Crippen LogP contribution is 2.64. The summed E-state index contributed by atoms with van der Waals surface area (Å²) in [6, 6.07) is 21.8. The maximum Gasteiger partial charge on any atom is 0.250 e. The zero-order valence-corrected chi connectivity index (χ0v) is 29.5. The number of amides is 3. The first-order valence-corrected chi connectivity index (χ1v) is 17.7. The maximum atomic E-state index is 15.2. The fourth-order valence-corrected chi connectivity index (χ4v) is 8.62. The highest BCUT2D eigenvalue weighted by atomic mass is 16.5. The Labute approximate surface area is 302 Å². The predicted molar refractivity (Wildman–Crippen MR) is 195 cm³/mol. The number of aliphatic hydroxyl groups excluding tert-OH is 1. The number of hydrogen-bond donors (Lipinski definition) is 1. The molecule has 3 aromatic carbocycles. The van der Waals surface area contributed by atoms with Crippen LogP contribution in [-0.4, -0.2) is 91.2 Å². The first-order chi connectivity index (χ1) is 25.2. The molecular formula is C40H44N6O6. The highest BCUT2D eigenvalue weighted by Gasteiger charge is 2.79. The molecule has 0 aliphatic carbocycles. The third-order valence-electron chi connectivity index (χ3n) is 10.8. The van der Waals surface area contributed by atoms with Crippen LogP contribution in [0.15, 0.2) is 104 Å². The van der Waals surface area contributed by atoms with Gasteiger partial charge in [-0.2, -0.15) is 0 Å². The number of aromatic nitrogens is 3. The van der Waals surface area contributed by atoms with Crippen molar-refractivity contribution in [1.29, 1.82) is 0 Å². The number of hydrogen-bond acceptors (Lipinski definition) is 8. The molecule has 12 nitrogen and oxygen atoms in total. The number of para-hydroxylation sites is 1. The summed E-state index contributed by atoms with van der Waals surface area (Å²) in [6.45, 7) is 12.0. The van der Waals surface area contributed by atoms with Crippen molar-refractivity contribution < 1.29 is 29.0 Å². The van der Waals surface area contributed by atoms with Gasteiger partial charge in [-0.15, -0.1) is 18.3 Å². The molecule has 2 bridgehead atoms. The molecule has 6 atom stereocenters. The summed E-state index contributed by atoms with van der Waals surface area (Å²) in [5.41, 5.74) is 0.339. The van der Waals surface area contributed by atoms with Crippen LogP contribution >= 0.6 is 0 Å². The molecule has 0 radical (unpaired) electrons. The van der Waals surface area contributed by atoms with E-state index in [1.165, 1.54) is 4.90 Å². The lowest BCUT2D eigenvalue weighted by atomic mass is 9.66. The summed E-state index contributed by atoms with van der Waals surface area (Å²) in [7, 11) is 0. The van der Waals surface area contributed by atoms with Crippen molar-refractivity contribution in [3.05, 3.63) is 110 Å². The minimum Gasteiger partial charge on any atom is -0.494 e. The van der Waals surface area contributed by atoms with Crippen LogP contribution in [-0.2, 0) is 25.8 Å². The van der Waals surface area contributed by atoms with Gasteiger partial charge in [0.25, 0.3) is 0 Å². The molecule has 1 spiro atoms. The van der Waals surface area contributed by atoms with Gasteiger partial charge in [-0.25, -0.2) is 4.68 Å². The molecule has 2 unspecified atom stereocenters. The molecular weight excluding hydrogens is 660 g/mol. The number of aliphatic hydroxyl groups is 1. The monoisotopic (exact) mass is 704 g/mol. The second-order valence-electron chi connectivity index (χ2n) is 13.8. The van der Waals surface area contributed by atoms with Gasteiger partial charge in [0.05, 0.1) is 42.2 Å². The Balaban J connectivity index is 1.32. The Hall–Kier alpha value is -5.33. The number of likely N-dealkylation sites (tertiary alicyclic amines) is 1. The molecule has 3 fully saturated rings. The molecule has 0 saturated carbocycles. The molecule has 1 N–H and O–H groups in total. The molecule has 4 heterocycles. The fraction of sp³-hybridized carbons (Fsp3) is 0.375. The lowest BCUT2D eigenvalue weighted by Gasteiger charge is -2.39. The summed E-state index contributed by atoms with van der Waals surface area (Å²) in [5.74, 6) is -2.32. The van der Waals surface area contributed by atoms with Crippen molar-refractivity contribution in [3.8, 4) is 5.75 Å². The van der Waals surface area contributed by atoms with Gasteiger partial charge < -0.3 is 29.3 Å². The number of benzene rings is 3. The molecule has 7 rings (SSSR count). The molecule has 3 saturated heterocycles. The summed E-state index contributed by atoms with van der Waals surface area (Å²) >= 11 is 0. The van der Waals surface area contributed by atoms with Gasteiger partial charge >= 0.3 is 0 Å². The molecule has 4 aromatic rings. The van der Waals surface area contributed by atoms with E-state index in [2.05, 4.69) is 23.5 Å². The van der Waals surface area contributed by atoms with Gasteiger partial charge in [-0.1, -0.05) is 59.8 Å². The second kappa shape index (κ2) is 14.0. The summed E-state index contributed by atoms with van der Waals surface area (Å²) in [4.78, 5) is 49.9. The standard InChI is InChI=1S/C40H44N6O6/c1-5-23-43(26-45-31-16-12-11-15-30(31)41-42-45)38(50)35-40-22-21-39(4,52-40)33(34(40)37(49)46(35)32(25-47)27-13-9-8-10-14-27)36(48)44(24-6-2)28-17-19-29(20-18-28)51-7-3/h5-6,8-20,32-35,47H,1-2,7,21-26H2,3-4H3/t32-,33+,34+,35?,39-,40?/m1/s1. The Morgan fingerprint density at radius 3 is 2.42 bits per heavy atom. The van der Waals surface area contributed by atoms with E-state index in [1.54, 1.807) is 38.8 Å². The Morgan fingerprint density at radius 2 is 1.73 bits per heavy atom. The third-order valence-corrected chi connectivity index (χ3v) is 10.8. The fourth-order valence-electron chi connectivity index (χ4n) is 8.62. The molecule has 270 valence electrons. The van der Waals surface area contributed by atoms with Gasteiger partial charge in [-0.05, 0) is 68.7 Å². The summed E-state index contributed by atoms with van der Waals surface area (Å²) in [5, 5.41) is 19.5. The van der Waals surface area contributed by atoms with Crippen LogP contribution in [0.4, 0.5) is 5.69 Å². The van der Waals surface area contributed by atoms with Gasteiger partial charge in [0.2, 0.25) is 17.7 Å². The molecule has 12 heteroatoms. The predicted octanol–water partition coefficient (Wildman–Crippen LogP) is 4.52. The van der Waals surface area contributed by atoms with Crippen molar-refractivity contribution in [1.82, 2.24) is 24.8 Å². The van der Waals surface area contributed by atoms with Crippen LogP contribution in [0.5, 0.6) is 5.75 Å². The Morgan fingerprint density at radius 1 is 1.02 bits per heavy atom. The van der Waals surface area contributed by atoms with E-state index in [0.29, 0.717) is 42.0 Å². The number of carbonyl (C=O) groups is 3. The minimum absolute atomic E-state index is 0.0320. The van der Waals surface area contributed by atoms with Gasteiger partial charge in [0.15, 0.2) is 0 Å². The zero-order valence-electron chi connectivity index (χ0n) is 29.5. The first kappa shape index (κ1) is 35.1. The van der Waals surface area contributed by atoms with Crippen LogP contribution in [0.2, 0.25) is 0 Å². The average molecular weight is 705 g/mol. The molecule has 3 aliphatic rings. The lowest BCUT2D eigenvalue weighted by Crippen LogP contribution is -2.57. The first-order valence-electron chi connectivity index (χ1n) is 17.7. The van der Waals surface area contributed by atoms with Crippen LogP contribution < -0.4 is 9.64 Å². The van der Waals surface area contributed by atoms with Crippen molar-refractivity contribution in [2.24, 2.45) is 11.8 Å². The van der Waals surface area contributed by atoms with E-state index in [0.717, 1.165) is 5.52 Å². The van der Waals surface area contributed by atoms with Gasteiger partial charge in [-0.3, -0.25) is 14.4 Å². The SMILES string of the molecule is C=CCN(Cn1nnc2ccccc21)C(=O)C1N([C@H](CO)c2ccccc2)C(=O)[C@@H]2[C@@H](C(=O)N(CC=C)c3ccc(OCC)cc3)[C@@]3(C)CCC12O3. The van der Waals surface area contributed by atoms with E-state index < -0.39 is 53.5 Å². The van der Waals surface area contributed by atoms with Crippen molar-refractivity contribution in [2.75, 3.05) is 31.2 Å². The molecule has 3 amide bonds. The van der Waals surface area contributed by atoms with Crippen LogP contribution in [0.3, 0.4) is 0 Å². The van der Waals surface area contributed by atoms with E-state index >= 15 is 9.59 Å². The van der Waals surface area contributed by atoms with Crippen molar-refractivity contribution in [2.45, 2.75) is 56.6 Å². The Bertz CT molecular complexity index is 1980. The molecule has 52 heavy (non-hydrogen) atoms. The van der Waals surface area contributed by atoms with Crippen LogP contribution in [0.25, 0.3) is 11.0 Å². The van der Waals surface area contributed by atoms with Crippen molar-refractivity contribution >= 4 is 34.4 Å². The minimum atomic E-state index is -1.34. The van der Waals surface area contributed by atoms with E-state index in [1.807, 2.05) is 80.6 Å². The third kappa shape index (κ3) is 5.66. The zero-order chi connectivity index (χ0) is 36.6. The summed E-state index contributed by atoms with van der Waals surface area (Å²) in [6.07, 6.45) is 4.11. The quantitative estimate of drug-likeness (QED) is 0.190. The van der Waals surface area contributed by atoms with E-state index in [9.17, 15) is 9.90 Å². The number of ether oxygens (including phenoxy) is 2. The van der Waals surface area contributed by atoms with E-state index in [-0.39, 0.29) is 25.7 Å². The topological polar surface area (TPSA) is 130 Å². The molecule has 1 aromatic heterocycles. The largest absolute Gasteiger partial charge is 0.494 e. The van der Waals surface area contributed by atoms with Gasteiger partial charge in [0, 0.05) is 18.8 Å². The molecule has 3 aliphatic heterocycles. The normalized spacial score (nSPS) is 25.2. The second-order valence-corrected chi connectivity index (χ2v) is 13.8. The number of carbonyl (C=O) groups excluding carboxylic acids is 3. The highest BCUT2D eigenvalue weighted by molar-refractivity contribution is 6.03. The lowest BCUT2D eigenvalue weighted by molar-refractivity contribution is -0.156. The Kier molecular flexibility index (Phi) is 9.45. The van der Waals surface area contributed by atoms with E-state index in [4.69, 9.17) is 9.47 Å². The van der Waals surface area contributed by atoms with Crippen LogP contribution in [0.1, 0.15) is 38.3 Å². The summed E-state index contributed by atoms with van der Waals surface area (Å²) < 4.78 is 14.2. The number of anilines is 1. The average Bonchev–Trinajstić information content (AvgIpc) is 3.87. The number of nitrogens with zero attached hydrogens (tertiary/aromatic N) is 6.